The van der Waals surface area contributed by atoms with Gasteiger partial charge in [-0.25, -0.2) is 22.5 Å². The number of amides is 1. The van der Waals surface area contributed by atoms with Gasteiger partial charge in [-0.1, -0.05) is 0 Å². The number of anilines is 1. The fraction of sp³-hybridized carbons (Fsp3) is 0.375. The van der Waals surface area contributed by atoms with Gasteiger partial charge in [0.25, 0.3) is 0 Å². The van der Waals surface area contributed by atoms with Gasteiger partial charge in [0.05, 0.1) is 28.6 Å². The first kappa shape index (κ1) is 23.9. The Labute approximate surface area is 199 Å². The zero-order valence-electron chi connectivity index (χ0n) is 19.7. The Morgan fingerprint density at radius 1 is 1.15 bits per heavy atom. The normalized spacial score (nSPS) is 13.5. The van der Waals surface area contributed by atoms with E-state index in [1.807, 2.05) is 11.5 Å². The molecule has 1 amide bonds. The SMILES string of the molecule is CCn1c(CCC(=O)N2CCc3cc(C(=O)OC)ccc32)nc2cc(S(=O)(=O)N(C)C)ccc21. The van der Waals surface area contributed by atoms with E-state index < -0.39 is 16.0 Å². The van der Waals surface area contributed by atoms with Crippen LogP contribution in [0.1, 0.15) is 35.1 Å². The Morgan fingerprint density at radius 3 is 2.59 bits per heavy atom. The summed E-state index contributed by atoms with van der Waals surface area (Å²) in [5.41, 5.74) is 3.67. The van der Waals surface area contributed by atoms with E-state index in [9.17, 15) is 18.0 Å². The van der Waals surface area contributed by atoms with Gasteiger partial charge in [-0.05, 0) is 55.3 Å². The first-order chi connectivity index (χ1) is 16.2. The number of hydrogen-bond acceptors (Lipinski definition) is 6. The van der Waals surface area contributed by atoms with Crippen LogP contribution in [0.5, 0.6) is 0 Å². The number of ether oxygens (including phenoxy) is 1. The predicted octanol–water partition coefficient (Wildman–Crippen LogP) is 2.62. The van der Waals surface area contributed by atoms with Gasteiger partial charge >= 0.3 is 5.97 Å². The third kappa shape index (κ3) is 4.19. The molecule has 1 aliphatic heterocycles. The quantitative estimate of drug-likeness (QED) is 0.478. The zero-order chi connectivity index (χ0) is 24.6. The van der Waals surface area contributed by atoms with Crippen LogP contribution < -0.4 is 4.90 Å². The van der Waals surface area contributed by atoms with E-state index in [1.54, 1.807) is 41.3 Å². The summed E-state index contributed by atoms with van der Waals surface area (Å²) in [6, 6.07) is 10.2. The number of carbonyl (C=O) groups is 2. The summed E-state index contributed by atoms with van der Waals surface area (Å²) in [6.07, 6.45) is 1.38. The van der Waals surface area contributed by atoms with Gasteiger partial charge < -0.3 is 14.2 Å². The van der Waals surface area contributed by atoms with Crippen molar-refractivity contribution in [3.8, 4) is 0 Å². The topological polar surface area (TPSA) is 102 Å². The van der Waals surface area contributed by atoms with E-state index >= 15 is 0 Å². The zero-order valence-corrected chi connectivity index (χ0v) is 20.6. The van der Waals surface area contributed by atoms with Gasteiger partial charge in [0, 0.05) is 45.7 Å². The second kappa shape index (κ2) is 9.19. The van der Waals surface area contributed by atoms with E-state index in [-0.39, 0.29) is 17.2 Å². The van der Waals surface area contributed by atoms with Crippen LogP contribution >= 0.6 is 0 Å². The van der Waals surface area contributed by atoms with Crippen LogP contribution in [0.15, 0.2) is 41.3 Å². The van der Waals surface area contributed by atoms with Crippen molar-refractivity contribution in [1.29, 1.82) is 0 Å². The first-order valence-corrected chi connectivity index (χ1v) is 12.5. The lowest BCUT2D eigenvalue weighted by Gasteiger charge is -2.17. The summed E-state index contributed by atoms with van der Waals surface area (Å²) in [4.78, 5) is 31.4. The molecule has 0 unspecified atom stereocenters. The van der Waals surface area contributed by atoms with Gasteiger partial charge in [0.15, 0.2) is 0 Å². The van der Waals surface area contributed by atoms with Crippen molar-refractivity contribution in [2.24, 2.45) is 0 Å². The number of hydrogen-bond donors (Lipinski definition) is 0. The van der Waals surface area contributed by atoms with Crippen LogP contribution in [-0.2, 0) is 38.9 Å². The number of aromatic nitrogens is 2. The Kier molecular flexibility index (Phi) is 6.46. The molecule has 0 spiro atoms. The van der Waals surface area contributed by atoms with Crippen LogP contribution in [0.2, 0.25) is 0 Å². The molecule has 0 N–H and O–H groups in total. The van der Waals surface area contributed by atoms with Gasteiger partial charge in [0.2, 0.25) is 15.9 Å². The Morgan fingerprint density at radius 2 is 1.91 bits per heavy atom. The van der Waals surface area contributed by atoms with Crippen molar-refractivity contribution < 1.29 is 22.7 Å². The number of fused-ring (bicyclic) bond motifs is 2. The maximum absolute atomic E-state index is 13.0. The molecule has 0 saturated heterocycles. The third-order valence-corrected chi connectivity index (χ3v) is 7.96. The molecule has 3 aromatic rings. The number of methoxy groups -OCH3 is 1. The Hall–Kier alpha value is -3.24. The number of sulfonamides is 1. The highest BCUT2D eigenvalue weighted by molar-refractivity contribution is 7.89. The fourth-order valence-corrected chi connectivity index (χ4v) is 5.26. The average molecular weight is 485 g/mol. The summed E-state index contributed by atoms with van der Waals surface area (Å²) >= 11 is 0. The molecule has 2 heterocycles. The molecule has 1 aromatic heterocycles. The van der Waals surface area contributed by atoms with E-state index in [2.05, 4.69) is 4.98 Å². The van der Waals surface area contributed by atoms with Crippen molar-refractivity contribution in [2.45, 2.75) is 37.6 Å². The summed E-state index contributed by atoms with van der Waals surface area (Å²) in [7, 11) is 0.772. The number of aryl methyl sites for hydroxylation is 2. The molecular formula is C24H28N4O5S. The van der Waals surface area contributed by atoms with Crippen molar-refractivity contribution in [3.05, 3.63) is 53.3 Å². The molecule has 0 radical (unpaired) electrons. The molecule has 0 bridgehead atoms. The van der Waals surface area contributed by atoms with Crippen molar-refractivity contribution in [2.75, 3.05) is 32.6 Å². The monoisotopic (exact) mass is 484 g/mol. The smallest absolute Gasteiger partial charge is 0.337 e. The summed E-state index contributed by atoms with van der Waals surface area (Å²) in [5.74, 6) is 0.327. The highest BCUT2D eigenvalue weighted by Crippen LogP contribution is 2.30. The lowest BCUT2D eigenvalue weighted by Crippen LogP contribution is -2.29. The number of imidazole rings is 1. The van der Waals surface area contributed by atoms with E-state index in [4.69, 9.17) is 4.74 Å². The minimum Gasteiger partial charge on any atom is -0.465 e. The first-order valence-electron chi connectivity index (χ1n) is 11.1. The molecule has 9 nitrogen and oxygen atoms in total. The average Bonchev–Trinajstić information content (AvgIpc) is 3.41. The maximum Gasteiger partial charge on any atom is 0.337 e. The molecule has 34 heavy (non-hydrogen) atoms. The van der Waals surface area contributed by atoms with Crippen molar-refractivity contribution >= 4 is 38.6 Å². The van der Waals surface area contributed by atoms with Crippen LogP contribution in [0.4, 0.5) is 5.69 Å². The molecular weight excluding hydrogens is 456 g/mol. The molecule has 1 aliphatic rings. The number of rotatable bonds is 7. The number of esters is 1. The maximum atomic E-state index is 13.0. The van der Waals surface area contributed by atoms with Gasteiger partial charge in [-0.2, -0.15) is 0 Å². The van der Waals surface area contributed by atoms with Gasteiger partial charge in [-0.3, -0.25) is 4.79 Å². The Balaban J connectivity index is 1.54. The number of nitrogens with zero attached hydrogens (tertiary/aromatic N) is 4. The lowest BCUT2D eigenvalue weighted by molar-refractivity contribution is -0.118. The predicted molar refractivity (Wildman–Crippen MR) is 128 cm³/mol. The van der Waals surface area contributed by atoms with E-state index in [0.29, 0.717) is 37.0 Å². The van der Waals surface area contributed by atoms with Crippen LogP contribution in [-0.4, -0.2) is 61.9 Å². The number of benzene rings is 2. The van der Waals surface area contributed by atoms with Crippen LogP contribution in [0.25, 0.3) is 11.0 Å². The lowest BCUT2D eigenvalue weighted by atomic mass is 10.1. The van der Waals surface area contributed by atoms with Gasteiger partial charge in [0.1, 0.15) is 5.82 Å². The minimum atomic E-state index is -3.56. The molecule has 0 atom stereocenters. The highest BCUT2D eigenvalue weighted by atomic mass is 32.2. The second-order valence-electron chi connectivity index (χ2n) is 8.34. The molecule has 0 fully saturated rings. The van der Waals surface area contributed by atoms with Crippen LogP contribution in [0, 0.1) is 0 Å². The summed E-state index contributed by atoms with van der Waals surface area (Å²) in [5, 5.41) is 0. The fourth-order valence-electron chi connectivity index (χ4n) is 4.33. The molecule has 2 aromatic carbocycles. The standard InChI is InChI=1S/C24H28N4O5S/c1-5-27-21-9-7-18(34(31,32)26(2)3)15-19(21)25-22(27)10-11-23(29)28-13-12-16-14-17(24(30)33-4)6-8-20(16)28/h6-9,14-15H,5,10-13H2,1-4H3. The largest absolute Gasteiger partial charge is 0.465 e. The van der Waals surface area contributed by atoms with Crippen LogP contribution in [0.3, 0.4) is 0 Å². The highest BCUT2D eigenvalue weighted by Gasteiger charge is 2.26. The van der Waals surface area contributed by atoms with Gasteiger partial charge in [-0.15, -0.1) is 0 Å². The Bertz CT molecular complexity index is 1380. The molecule has 10 heteroatoms. The minimum absolute atomic E-state index is 0.0184. The van der Waals surface area contributed by atoms with E-state index in [0.717, 1.165) is 22.6 Å². The molecule has 0 aliphatic carbocycles. The molecule has 0 saturated carbocycles. The van der Waals surface area contributed by atoms with E-state index in [1.165, 1.54) is 25.5 Å². The molecule has 4 rings (SSSR count). The summed E-state index contributed by atoms with van der Waals surface area (Å²) in [6.45, 7) is 3.21. The summed E-state index contributed by atoms with van der Waals surface area (Å²) < 4.78 is 32.9. The second-order valence-corrected chi connectivity index (χ2v) is 10.5. The molecule has 180 valence electrons. The van der Waals surface area contributed by atoms with Crippen molar-refractivity contribution in [3.63, 3.8) is 0 Å². The third-order valence-electron chi connectivity index (χ3n) is 6.15. The number of carbonyl (C=O) groups excluding carboxylic acids is 2. The van der Waals surface area contributed by atoms with Crippen molar-refractivity contribution in [1.82, 2.24) is 13.9 Å².